The molecule has 0 aromatic carbocycles. The van der Waals surface area contributed by atoms with E-state index in [4.69, 9.17) is 0 Å². The van der Waals surface area contributed by atoms with E-state index < -0.39 is 0 Å². The summed E-state index contributed by atoms with van der Waals surface area (Å²) in [6.07, 6.45) is 7.94. The summed E-state index contributed by atoms with van der Waals surface area (Å²) in [7, 11) is 2.05. The third kappa shape index (κ3) is 2.85. The summed E-state index contributed by atoms with van der Waals surface area (Å²) in [5.74, 6) is 0.673. The van der Waals surface area contributed by atoms with Crippen molar-refractivity contribution in [2.45, 2.75) is 46.1 Å². The number of nitrogens with one attached hydrogen (secondary N) is 1. The molecule has 0 saturated carbocycles. The summed E-state index contributed by atoms with van der Waals surface area (Å²) in [6, 6.07) is 0.562. The lowest BCUT2D eigenvalue weighted by molar-refractivity contribution is 0.449. The molecular formula is C15H25N. The first kappa shape index (κ1) is 13.2. The zero-order valence-electron chi connectivity index (χ0n) is 11.1. The molecule has 2 atom stereocenters. The van der Waals surface area contributed by atoms with Gasteiger partial charge in [-0.2, -0.15) is 0 Å². The highest BCUT2D eigenvalue weighted by molar-refractivity contribution is 5.37. The third-order valence-electron chi connectivity index (χ3n) is 3.79. The van der Waals surface area contributed by atoms with E-state index in [-0.39, 0.29) is 0 Å². The van der Waals surface area contributed by atoms with Crippen LogP contribution in [0.5, 0.6) is 0 Å². The van der Waals surface area contributed by atoms with Crippen molar-refractivity contribution in [2.24, 2.45) is 5.92 Å². The molecule has 1 heteroatoms. The van der Waals surface area contributed by atoms with Crippen molar-refractivity contribution in [2.75, 3.05) is 7.05 Å². The molecule has 0 aliphatic heterocycles. The van der Waals surface area contributed by atoms with Crippen molar-refractivity contribution < 1.29 is 0 Å². The van der Waals surface area contributed by atoms with E-state index in [1.807, 2.05) is 13.1 Å². The van der Waals surface area contributed by atoms with E-state index >= 15 is 0 Å². The number of hydrogen-bond acceptors (Lipinski definition) is 1. The fourth-order valence-corrected chi connectivity index (χ4v) is 2.44. The quantitative estimate of drug-likeness (QED) is 0.693. The zero-order valence-corrected chi connectivity index (χ0v) is 11.1. The minimum atomic E-state index is 0.562. The molecule has 2 unspecified atom stereocenters. The second-order valence-electron chi connectivity index (χ2n) is 4.74. The van der Waals surface area contributed by atoms with Crippen molar-refractivity contribution in [1.29, 1.82) is 0 Å². The van der Waals surface area contributed by atoms with Crippen molar-refractivity contribution in [3.63, 3.8) is 0 Å². The molecule has 1 N–H and O–H groups in total. The molecule has 0 heterocycles. The molecule has 0 radical (unpaired) electrons. The predicted molar refractivity (Wildman–Crippen MR) is 72.5 cm³/mol. The Bertz CT molecular complexity index is 309. The van der Waals surface area contributed by atoms with Crippen LogP contribution in [0.3, 0.4) is 0 Å². The van der Waals surface area contributed by atoms with Gasteiger partial charge in [0, 0.05) is 6.04 Å². The lowest BCUT2D eigenvalue weighted by Gasteiger charge is -2.21. The average Bonchev–Trinajstić information content (AvgIpc) is 2.66. The van der Waals surface area contributed by atoms with Crippen molar-refractivity contribution in [1.82, 2.24) is 5.32 Å². The normalized spacial score (nSPS) is 23.8. The van der Waals surface area contributed by atoms with Crippen LogP contribution in [0, 0.1) is 5.92 Å². The van der Waals surface area contributed by atoms with E-state index in [1.165, 1.54) is 18.4 Å². The number of allylic oxidation sites excluding steroid dienone is 4. The Balaban J connectivity index is 2.94. The van der Waals surface area contributed by atoms with Gasteiger partial charge >= 0.3 is 0 Å². The topological polar surface area (TPSA) is 12.0 Å². The van der Waals surface area contributed by atoms with Crippen molar-refractivity contribution in [3.05, 3.63) is 35.5 Å². The Kier molecular flexibility index (Phi) is 5.01. The maximum absolute atomic E-state index is 3.88. The predicted octanol–water partition coefficient (Wildman–Crippen LogP) is 3.84. The summed E-state index contributed by atoms with van der Waals surface area (Å²) >= 11 is 0. The van der Waals surface area contributed by atoms with E-state index in [9.17, 15) is 0 Å². The van der Waals surface area contributed by atoms with E-state index in [0.717, 1.165) is 6.42 Å². The number of hydrogen-bond donors (Lipinski definition) is 1. The zero-order chi connectivity index (χ0) is 12.1. The molecule has 16 heavy (non-hydrogen) atoms. The van der Waals surface area contributed by atoms with Crippen LogP contribution < -0.4 is 5.32 Å². The standard InChI is InChI=1S/C15H25N/c1-6-13(7-2)10-15-11(3)8-9-14(15)12(4)16-5/h6,10,12,14,16H,1,7-9H2,2-5H3/b13-10+. The van der Waals surface area contributed by atoms with Gasteiger partial charge in [-0.3, -0.25) is 0 Å². The molecule has 1 nitrogen and oxygen atoms in total. The van der Waals surface area contributed by atoms with E-state index in [0.29, 0.717) is 12.0 Å². The minimum absolute atomic E-state index is 0.562. The summed E-state index contributed by atoms with van der Waals surface area (Å²) in [4.78, 5) is 0. The highest BCUT2D eigenvalue weighted by Gasteiger charge is 2.25. The molecule has 0 amide bonds. The van der Waals surface area contributed by atoms with Crippen molar-refractivity contribution >= 4 is 0 Å². The first-order valence-electron chi connectivity index (χ1n) is 6.33. The van der Waals surface area contributed by atoms with Gasteiger partial charge in [-0.05, 0) is 57.2 Å². The van der Waals surface area contributed by atoms with Crippen LogP contribution in [-0.4, -0.2) is 13.1 Å². The van der Waals surface area contributed by atoms with Gasteiger partial charge in [0.05, 0.1) is 0 Å². The molecule has 1 aliphatic carbocycles. The molecule has 0 spiro atoms. The van der Waals surface area contributed by atoms with E-state index in [1.54, 1.807) is 11.1 Å². The van der Waals surface area contributed by atoms with Crippen LogP contribution in [0.1, 0.15) is 40.0 Å². The van der Waals surface area contributed by atoms with Crippen molar-refractivity contribution in [3.8, 4) is 0 Å². The highest BCUT2D eigenvalue weighted by Crippen LogP contribution is 2.35. The van der Waals surface area contributed by atoms with Crippen LogP contribution in [0.15, 0.2) is 35.5 Å². The highest BCUT2D eigenvalue weighted by atomic mass is 14.9. The monoisotopic (exact) mass is 219 g/mol. The lowest BCUT2D eigenvalue weighted by atomic mass is 9.91. The fourth-order valence-electron chi connectivity index (χ4n) is 2.44. The Hall–Kier alpha value is -0.820. The van der Waals surface area contributed by atoms with Gasteiger partial charge < -0.3 is 5.32 Å². The second kappa shape index (κ2) is 6.05. The largest absolute Gasteiger partial charge is 0.317 e. The van der Waals surface area contributed by atoms with Crippen LogP contribution >= 0.6 is 0 Å². The Morgan fingerprint density at radius 3 is 2.81 bits per heavy atom. The summed E-state index contributed by atoms with van der Waals surface area (Å²) in [6.45, 7) is 10.6. The summed E-state index contributed by atoms with van der Waals surface area (Å²) in [5.41, 5.74) is 4.45. The first-order valence-corrected chi connectivity index (χ1v) is 6.33. The van der Waals surface area contributed by atoms with Crippen LogP contribution in [0.4, 0.5) is 0 Å². The fraction of sp³-hybridized carbons (Fsp3) is 0.600. The van der Waals surface area contributed by atoms with Crippen LogP contribution in [0.25, 0.3) is 0 Å². The summed E-state index contributed by atoms with van der Waals surface area (Å²) < 4.78 is 0. The molecule has 1 rings (SSSR count). The van der Waals surface area contributed by atoms with Crippen LogP contribution in [0.2, 0.25) is 0 Å². The first-order chi connectivity index (χ1) is 7.63. The number of rotatable bonds is 5. The van der Waals surface area contributed by atoms with Gasteiger partial charge in [0.1, 0.15) is 0 Å². The van der Waals surface area contributed by atoms with Gasteiger partial charge in [0.2, 0.25) is 0 Å². The maximum atomic E-state index is 3.88. The molecule has 1 aliphatic rings. The van der Waals surface area contributed by atoms with Gasteiger partial charge in [-0.15, -0.1) is 0 Å². The molecular weight excluding hydrogens is 194 g/mol. The average molecular weight is 219 g/mol. The molecule has 0 saturated heterocycles. The van der Waals surface area contributed by atoms with Gasteiger partial charge in [-0.25, -0.2) is 0 Å². The van der Waals surface area contributed by atoms with Gasteiger partial charge in [0.25, 0.3) is 0 Å². The van der Waals surface area contributed by atoms with Gasteiger partial charge in [-0.1, -0.05) is 31.2 Å². The van der Waals surface area contributed by atoms with E-state index in [2.05, 4.69) is 38.7 Å². The molecule has 0 bridgehead atoms. The molecule has 90 valence electrons. The Morgan fingerprint density at radius 1 is 1.62 bits per heavy atom. The maximum Gasteiger partial charge on any atom is 0.0105 e. The SMILES string of the molecule is C=C/C(=C\C1=C(C)CCC1C(C)NC)CC. The molecule has 0 fully saturated rings. The van der Waals surface area contributed by atoms with Crippen LogP contribution in [-0.2, 0) is 0 Å². The Labute approximate surface area is 100 Å². The Morgan fingerprint density at radius 2 is 2.31 bits per heavy atom. The lowest BCUT2D eigenvalue weighted by Crippen LogP contribution is -2.30. The molecule has 0 aromatic heterocycles. The second-order valence-corrected chi connectivity index (χ2v) is 4.74. The molecule has 0 aromatic rings. The third-order valence-corrected chi connectivity index (χ3v) is 3.79. The minimum Gasteiger partial charge on any atom is -0.317 e. The van der Waals surface area contributed by atoms with Gasteiger partial charge in [0.15, 0.2) is 0 Å². The summed E-state index contributed by atoms with van der Waals surface area (Å²) in [5, 5.41) is 3.38. The smallest absolute Gasteiger partial charge is 0.0105 e.